The smallest absolute Gasteiger partial charge is 0.146 e. The zero-order chi connectivity index (χ0) is 13.3. The van der Waals surface area contributed by atoms with Crippen molar-refractivity contribution in [2.24, 2.45) is 0 Å². The summed E-state index contributed by atoms with van der Waals surface area (Å²) in [7, 11) is 0. The summed E-state index contributed by atoms with van der Waals surface area (Å²) in [6.07, 6.45) is 0. The van der Waals surface area contributed by atoms with E-state index in [1.165, 1.54) is 10.9 Å². The van der Waals surface area contributed by atoms with Crippen molar-refractivity contribution in [2.45, 2.75) is 33.7 Å². The fourth-order valence-corrected chi connectivity index (χ4v) is 2.96. The molecule has 2 rings (SSSR count). The van der Waals surface area contributed by atoms with E-state index in [0.717, 1.165) is 16.3 Å². The molecule has 2 nitrogen and oxygen atoms in total. The van der Waals surface area contributed by atoms with Gasteiger partial charge in [-0.25, -0.2) is 9.37 Å². The van der Waals surface area contributed by atoms with Gasteiger partial charge in [-0.15, -0.1) is 11.3 Å². The number of hydrogen-bond acceptors (Lipinski definition) is 3. The van der Waals surface area contributed by atoms with Gasteiger partial charge in [0.1, 0.15) is 5.82 Å². The number of rotatable bonds is 3. The molecule has 0 amide bonds. The molecular formula is C14H17FN2S. The van der Waals surface area contributed by atoms with Crippen molar-refractivity contribution >= 4 is 17.0 Å². The van der Waals surface area contributed by atoms with Gasteiger partial charge in [0, 0.05) is 4.88 Å². The summed E-state index contributed by atoms with van der Waals surface area (Å²) >= 11 is 1.67. The van der Waals surface area contributed by atoms with Crippen LogP contribution in [0.15, 0.2) is 18.2 Å². The first-order valence-corrected chi connectivity index (χ1v) is 6.76. The van der Waals surface area contributed by atoms with Gasteiger partial charge in [0.05, 0.1) is 22.4 Å². The molecule has 1 atom stereocenters. The summed E-state index contributed by atoms with van der Waals surface area (Å²) in [5, 5.41) is 4.26. The van der Waals surface area contributed by atoms with Crippen molar-refractivity contribution < 1.29 is 4.39 Å². The molecule has 0 aliphatic carbocycles. The van der Waals surface area contributed by atoms with Gasteiger partial charge >= 0.3 is 0 Å². The number of nitrogens with one attached hydrogen (secondary N) is 1. The lowest BCUT2D eigenvalue weighted by molar-refractivity contribution is 0.625. The molecule has 1 unspecified atom stereocenters. The highest BCUT2D eigenvalue weighted by molar-refractivity contribution is 7.11. The Hall–Kier alpha value is -1.42. The molecular weight excluding hydrogens is 247 g/mol. The van der Waals surface area contributed by atoms with E-state index in [9.17, 15) is 4.39 Å². The van der Waals surface area contributed by atoms with Crippen LogP contribution in [0.3, 0.4) is 0 Å². The summed E-state index contributed by atoms with van der Waals surface area (Å²) in [5.41, 5.74) is 2.47. The van der Waals surface area contributed by atoms with Crippen molar-refractivity contribution in [1.29, 1.82) is 0 Å². The Bertz CT molecular complexity index is 543. The number of nitrogens with zero attached hydrogens (tertiary/aromatic N) is 1. The van der Waals surface area contributed by atoms with Crippen molar-refractivity contribution in [1.82, 2.24) is 4.98 Å². The molecule has 1 aromatic heterocycles. The second-order valence-corrected chi connectivity index (χ2v) is 5.88. The fourth-order valence-electron chi connectivity index (χ4n) is 2.05. The lowest BCUT2D eigenvalue weighted by atomic mass is 10.1. The van der Waals surface area contributed by atoms with Gasteiger partial charge in [0.15, 0.2) is 0 Å². The Morgan fingerprint density at radius 1 is 1.28 bits per heavy atom. The van der Waals surface area contributed by atoms with Crippen molar-refractivity contribution in [3.05, 3.63) is 45.2 Å². The molecule has 2 aromatic rings. The number of anilines is 1. The summed E-state index contributed by atoms with van der Waals surface area (Å²) in [6, 6.07) is 5.10. The summed E-state index contributed by atoms with van der Waals surface area (Å²) in [5.74, 6) is -0.216. The van der Waals surface area contributed by atoms with E-state index in [1.807, 2.05) is 33.8 Å². The number of aryl methyl sites for hydroxylation is 3. The fraction of sp³-hybridized carbons (Fsp3) is 0.357. The van der Waals surface area contributed by atoms with Crippen LogP contribution in [0, 0.1) is 26.6 Å². The van der Waals surface area contributed by atoms with Gasteiger partial charge in [-0.05, 0) is 39.3 Å². The number of hydrogen-bond donors (Lipinski definition) is 1. The Labute approximate surface area is 111 Å². The number of thiazole rings is 1. The Morgan fingerprint density at radius 3 is 2.56 bits per heavy atom. The largest absolute Gasteiger partial charge is 0.374 e. The highest BCUT2D eigenvalue weighted by atomic mass is 32.1. The lowest BCUT2D eigenvalue weighted by Crippen LogP contribution is -2.10. The normalized spacial score (nSPS) is 12.5. The van der Waals surface area contributed by atoms with Crippen LogP contribution >= 0.6 is 11.3 Å². The lowest BCUT2D eigenvalue weighted by Gasteiger charge is -2.16. The van der Waals surface area contributed by atoms with Crippen LogP contribution in [0.2, 0.25) is 0 Å². The minimum absolute atomic E-state index is 0.00514. The van der Waals surface area contributed by atoms with Crippen LogP contribution in [0.1, 0.15) is 34.1 Å². The number of para-hydroxylation sites is 1. The molecule has 0 aliphatic heterocycles. The molecule has 1 N–H and O–H groups in total. The maximum atomic E-state index is 13.8. The van der Waals surface area contributed by atoms with Crippen molar-refractivity contribution in [2.75, 3.05) is 5.32 Å². The molecule has 0 spiro atoms. The standard InChI is InChI=1S/C14H17FN2S/c1-8-6-5-7-12(15)13(8)16-9(2)14-10(3)18-11(4)17-14/h5-7,9,16H,1-4H3. The first kappa shape index (κ1) is 13.0. The first-order valence-electron chi connectivity index (χ1n) is 5.94. The molecule has 0 bridgehead atoms. The van der Waals surface area contributed by atoms with E-state index >= 15 is 0 Å². The summed E-state index contributed by atoms with van der Waals surface area (Å²) in [4.78, 5) is 5.68. The molecule has 0 radical (unpaired) electrons. The van der Waals surface area contributed by atoms with Gasteiger partial charge < -0.3 is 5.32 Å². The highest BCUT2D eigenvalue weighted by Crippen LogP contribution is 2.28. The summed E-state index contributed by atoms with van der Waals surface area (Å²) < 4.78 is 13.8. The maximum absolute atomic E-state index is 13.8. The quantitative estimate of drug-likeness (QED) is 0.889. The van der Waals surface area contributed by atoms with Crippen molar-refractivity contribution in [3.8, 4) is 0 Å². The molecule has 18 heavy (non-hydrogen) atoms. The van der Waals surface area contributed by atoms with Crippen LogP contribution < -0.4 is 5.32 Å². The van der Waals surface area contributed by atoms with E-state index in [0.29, 0.717) is 5.69 Å². The average molecular weight is 264 g/mol. The third-order valence-corrected chi connectivity index (χ3v) is 3.83. The predicted octanol–water partition coefficient (Wildman–Crippen LogP) is 4.38. The van der Waals surface area contributed by atoms with Crippen LogP contribution in [0.25, 0.3) is 0 Å². The molecule has 0 saturated heterocycles. The third kappa shape index (κ3) is 2.53. The van der Waals surface area contributed by atoms with E-state index in [2.05, 4.69) is 10.3 Å². The second-order valence-electron chi connectivity index (χ2n) is 4.47. The van der Waals surface area contributed by atoms with Crippen LogP contribution in [-0.4, -0.2) is 4.98 Å². The molecule has 4 heteroatoms. The molecule has 0 fully saturated rings. The van der Waals surface area contributed by atoms with Gasteiger partial charge in [-0.1, -0.05) is 12.1 Å². The molecule has 0 aliphatic rings. The van der Waals surface area contributed by atoms with Crippen LogP contribution in [0.5, 0.6) is 0 Å². The average Bonchev–Trinajstić information content (AvgIpc) is 2.63. The topological polar surface area (TPSA) is 24.9 Å². The van der Waals surface area contributed by atoms with Crippen LogP contribution in [0.4, 0.5) is 10.1 Å². The zero-order valence-corrected chi connectivity index (χ0v) is 11.9. The minimum Gasteiger partial charge on any atom is -0.374 e. The van der Waals surface area contributed by atoms with Gasteiger partial charge in [0.2, 0.25) is 0 Å². The molecule has 1 aromatic carbocycles. The molecule has 96 valence electrons. The van der Waals surface area contributed by atoms with E-state index in [4.69, 9.17) is 0 Å². The van der Waals surface area contributed by atoms with E-state index < -0.39 is 0 Å². The minimum atomic E-state index is -0.216. The van der Waals surface area contributed by atoms with Gasteiger partial charge in [-0.2, -0.15) is 0 Å². The highest BCUT2D eigenvalue weighted by Gasteiger charge is 2.15. The second kappa shape index (κ2) is 5.06. The molecule has 1 heterocycles. The first-order chi connectivity index (χ1) is 8.49. The zero-order valence-electron chi connectivity index (χ0n) is 11.0. The summed E-state index contributed by atoms with van der Waals surface area (Å²) in [6.45, 7) is 7.94. The maximum Gasteiger partial charge on any atom is 0.146 e. The van der Waals surface area contributed by atoms with Gasteiger partial charge in [0.25, 0.3) is 0 Å². The SMILES string of the molecule is Cc1nc(C(C)Nc2c(C)cccc2F)c(C)s1. The third-order valence-electron chi connectivity index (χ3n) is 2.93. The Morgan fingerprint density at radius 2 is 2.00 bits per heavy atom. The number of aromatic nitrogens is 1. The van der Waals surface area contributed by atoms with Crippen LogP contribution in [-0.2, 0) is 0 Å². The van der Waals surface area contributed by atoms with E-state index in [1.54, 1.807) is 17.4 Å². The number of benzene rings is 1. The Balaban J connectivity index is 2.26. The monoisotopic (exact) mass is 264 g/mol. The van der Waals surface area contributed by atoms with Crippen molar-refractivity contribution in [3.63, 3.8) is 0 Å². The number of halogens is 1. The van der Waals surface area contributed by atoms with E-state index in [-0.39, 0.29) is 11.9 Å². The molecule has 0 saturated carbocycles. The van der Waals surface area contributed by atoms with Gasteiger partial charge in [-0.3, -0.25) is 0 Å². The predicted molar refractivity (Wildman–Crippen MR) is 74.8 cm³/mol. The Kier molecular flexibility index (Phi) is 3.66.